The van der Waals surface area contributed by atoms with E-state index in [1.807, 2.05) is 24.3 Å². The summed E-state index contributed by atoms with van der Waals surface area (Å²) in [4.78, 5) is 12.3. The zero-order valence-electron chi connectivity index (χ0n) is 12.7. The summed E-state index contributed by atoms with van der Waals surface area (Å²) in [5.74, 6) is -0.831. The molecule has 120 valence electrons. The molecule has 5 nitrogen and oxygen atoms in total. The highest BCUT2D eigenvalue weighted by atomic mass is 16.7. The van der Waals surface area contributed by atoms with E-state index in [1.165, 1.54) is 6.08 Å². The molecular formula is C18H18O5. The standard InChI is InChI=1S/C18H18O5/c1-2-7-17-8-3-4-16(19)18(17,20)23-15(10-17)12-5-6-13-14(9-12)22-11-21-13/h2-6,9,15,20H,1,7-8,10-11H2/t15-,17+,18+/m0/s1. The summed E-state index contributed by atoms with van der Waals surface area (Å²) in [6, 6.07) is 5.57. The van der Waals surface area contributed by atoms with Crippen LogP contribution in [0.1, 0.15) is 30.9 Å². The Labute approximate surface area is 134 Å². The highest BCUT2D eigenvalue weighted by Gasteiger charge is 2.62. The molecule has 1 saturated heterocycles. The van der Waals surface area contributed by atoms with E-state index in [2.05, 4.69) is 6.58 Å². The van der Waals surface area contributed by atoms with Gasteiger partial charge in [0.05, 0.1) is 6.10 Å². The molecule has 1 aliphatic carbocycles. The summed E-state index contributed by atoms with van der Waals surface area (Å²) in [7, 11) is 0. The molecule has 2 aliphatic heterocycles. The average Bonchev–Trinajstić information content (AvgIpc) is 3.11. The molecule has 0 amide bonds. The van der Waals surface area contributed by atoms with Crippen molar-refractivity contribution in [3.63, 3.8) is 0 Å². The van der Waals surface area contributed by atoms with Crippen LogP contribution in [0.2, 0.25) is 0 Å². The van der Waals surface area contributed by atoms with Crippen molar-refractivity contribution in [2.24, 2.45) is 5.41 Å². The second-order valence-electron chi connectivity index (χ2n) is 6.31. The Bertz CT molecular complexity index is 709. The van der Waals surface area contributed by atoms with Gasteiger partial charge < -0.3 is 19.3 Å². The van der Waals surface area contributed by atoms with E-state index in [-0.39, 0.29) is 12.9 Å². The molecule has 0 bridgehead atoms. The van der Waals surface area contributed by atoms with Crippen LogP contribution in [-0.4, -0.2) is 23.5 Å². The van der Waals surface area contributed by atoms with Crippen LogP contribution >= 0.6 is 0 Å². The van der Waals surface area contributed by atoms with Crippen molar-refractivity contribution in [2.75, 3.05) is 6.79 Å². The SMILES string of the molecule is C=CC[C@]12CC=CC(=O)[C@@]1(O)O[C@H](c1ccc3c(c1)OCO3)C2. The quantitative estimate of drug-likeness (QED) is 0.869. The molecule has 3 aliphatic rings. The smallest absolute Gasteiger partial charge is 0.237 e. The lowest BCUT2D eigenvalue weighted by atomic mass is 9.68. The second kappa shape index (κ2) is 4.94. The average molecular weight is 314 g/mol. The summed E-state index contributed by atoms with van der Waals surface area (Å²) in [6.45, 7) is 3.98. The third kappa shape index (κ3) is 1.97. The lowest BCUT2D eigenvalue weighted by Crippen LogP contribution is -2.52. The molecule has 5 heteroatoms. The molecule has 0 spiro atoms. The number of carbonyl (C=O) groups excluding carboxylic acids is 1. The van der Waals surface area contributed by atoms with Crippen LogP contribution in [0.5, 0.6) is 11.5 Å². The van der Waals surface area contributed by atoms with E-state index >= 15 is 0 Å². The molecule has 0 saturated carbocycles. The molecular weight excluding hydrogens is 296 g/mol. The van der Waals surface area contributed by atoms with Gasteiger partial charge in [0.15, 0.2) is 11.5 Å². The van der Waals surface area contributed by atoms with Crippen LogP contribution in [0.15, 0.2) is 43.0 Å². The van der Waals surface area contributed by atoms with E-state index in [1.54, 1.807) is 6.08 Å². The number of allylic oxidation sites excluding steroid dienone is 2. The van der Waals surface area contributed by atoms with Gasteiger partial charge in [0, 0.05) is 5.41 Å². The van der Waals surface area contributed by atoms with E-state index in [0.717, 1.165) is 5.56 Å². The van der Waals surface area contributed by atoms with Crippen LogP contribution in [0.3, 0.4) is 0 Å². The van der Waals surface area contributed by atoms with Gasteiger partial charge in [-0.3, -0.25) is 4.79 Å². The number of carbonyl (C=O) groups is 1. The molecule has 4 rings (SSSR count). The summed E-state index contributed by atoms with van der Waals surface area (Å²) in [5, 5.41) is 11.0. The molecule has 1 fully saturated rings. The van der Waals surface area contributed by atoms with Crippen molar-refractivity contribution >= 4 is 5.78 Å². The summed E-state index contributed by atoms with van der Waals surface area (Å²) in [6.07, 6.45) is 6.23. The minimum absolute atomic E-state index is 0.205. The predicted octanol–water partition coefficient (Wildman–Crippen LogP) is 2.66. The van der Waals surface area contributed by atoms with Crippen LogP contribution in [-0.2, 0) is 9.53 Å². The number of rotatable bonds is 3. The highest BCUT2D eigenvalue weighted by molar-refractivity contribution is 5.97. The van der Waals surface area contributed by atoms with E-state index in [9.17, 15) is 9.90 Å². The van der Waals surface area contributed by atoms with Gasteiger partial charge >= 0.3 is 0 Å². The van der Waals surface area contributed by atoms with Gasteiger partial charge in [-0.1, -0.05) is 18.2 Å². The van der Waals surface area contributed by atoms with Crippen molar-refractivity contribution in [2.45, 2.75) is 31.2 Å². The van der Waals surface area contributed by atoms with Gasteiger partial charge in [0.1, 0.15) is 0 Å². The number of ether oxygens (including phenoxy) is 3. The minimum atomic E-state index is -1.79. The number of hydrogen-bond donors (Lipinski definition) is 1. The number of hydrogen-bond acceptors (Lipinski definition) is 5. The fraction of sp³-hybridized carbons (Fsp3) is 0.389. The molecule has 0 unspecified atom stereocenters. The van der Waals surface area contributed by atoms with Gasteiger partial charge in [-0.05, 0) is 43.0 Å². The second-order valence-corrected chi connectivity index (χ2v) is 6.31. The Hall–Kier alpha value is -2.11. The molecule has 23 heavy (non-hydrogen) atoms. The van der Waals surface area contributed by atoms with Gasteiger partial charge in [-0.2, -0.15) is 0 Å². The highest BCUT2D eigenvalue weighted by Crippen LogP contribution is 2.57. The Morgan fingerprint density at radius 2 is 2.17 bits per heavy atom. The monoisotopic (exact) mass is 314 g/mol. The fourth-order valence-electron chi connectivity index (χ4n) is 3.79. The first-order chi connectivity index (χ1) is 11.1. The maximum absolute atomic E-state index is 12.3. The third-order valence-corrected chi connectivity index (χ3v) is 5.02. The lowest BCUT2D eigenvalue weighted by Gasteiger charge is -2.39. The predicted molar refractivity (Wildman–Crippen MR) is 82.0 cm³/mol. The van der Waals surface area contributed by atoms with E-state index < -0.39 is 17.0 Å². The molecule has 1 aromatic carbocycles. The van der Waals surface area contributed by atoms with Crippen LogP contribution in [0.25, 0.3) is 0 Å². The third-order valence-electron chi connectivity index (χ3n) is 5.02. The first kappa shape index (κ1) is 14.5. The van der Waals surface area contributed by atoms with Crippen molar-refractivity contribution in [3.8, 4) is 11.5 Å². The van der Waals surface area contributed by atoms with Crippen molar-refractivity contribution in [1.82, 2.24) is 0 Å². The fourth-order valence-corrected chi connectivity index (χ4v) is 3.79. The molecule has 2 heterocycles. The largest absolute Gasteiger partial charge is 0.454 e. The topological polar surface area (TPSA) is 65.0 Å². The van der Waals surface area contributed by atoms with Gasteiger partial charge in [0.25, 0.3) is 0 Å². The number of benzene rings is 1. The lowest BCUT2D eigenvalue weighted by molar-refractivity contribution is -0.228. The Kier molecular flexibility index (Phi) is 3.11. The van der Waals surface area contributed by atoms with E-state index in [0.29, 0.717) is 30.8 Å². The normalized spacial score (nSPS) is 34.5. The van der Waals surface area contributed by atoms with Crippen LogP contribution in [0, 0.1) is 5.41 Å². The Morgan fingerprint density at radius 3 is 3.00 bits per heavy atom. The van der Waals surface area contributed by atoms with Crippen molar-refractivity contribution < 1.29 is 24.1 Å². The van der Waals surface area contributed by atoms with Crippen LogP contribution < -0.4 is 9.47 Å². The van der Waals surface area contributed by atoms with Gasteiger partial charge in [-0.25, -0.2) is 0 Å². The molecule has 0 aromatic heterocycles. The van der Waals surface area contributed by atoms with Gasteiger partial charge in [-0.15, -0.1) is 6.58 Å². The van der Waals surface area contributed by atoms with Crippen molar-refractivity contribution in [1.29, 1.82) is 0 Å². The molecule has 3 atom stereocenters. The Morgan fingerprint density at radius 1 is 1.35 bits per heavy atom. The van der Waals surface area contributed by atoms with Gasteiger partial charge in [0.2, 0.25) is 18.4 Å². The van der Waals surface area contributed by atoms with Crippen LogP contribution in [0.4, 0.5) is 0 Å². The zero-order valence-corrected chi connectivity index (χ0v) is 12.7. The molecule has 1 aromatic rings. The summed E-state index contributed by atoms with van der Waals surface area (Å²) < 4.78 is 16.6. The summed E-state index contributed by atoms with van der Waals surface area (Å²) in [5.41, 5.74) is 0.204. The maximum atomic E-state index is 12.3. The molecule has 1 N–H and O–H groups in total. The first-order valence-corrected chi connectivity index (χ1v) is 7.70. The molecule has 0 radical (unpaired) electrons. The van der Waals surface area contributed by atoms with E-state index in [4.69, 9.17) is 14.2 Å². The zero-order chi connectivity index (χ0) is 16.1. The summed E-state index contributed by atoms with van der Waals surface area (Å²) >= 11 is 0. The Balaban J connectivity index is 1.71. The maximum Gasteiger partial charge on any atom is 0.237 e. The number of ketones is 1. The van der Waals surface area contributed by atoms with Crippen molar-refractivity contribution in [3.05, 3.63) is 48.6 Å². The number of fused-ring (bicyclic) bond motifs is 2. The number of aliphatic hydroxyl groups is 1. The minimum Gasteiger partial charge on any atom is -0.454 e. The first-order valence-electron chi connectivity index (χ1n) is 7.70.